The van der Waals surface area contributed by atoms with Crippen molar-refractivity contribution in [1.29, 1.82) is 0 Å². The summed E-state index contributed by atoms with van der Waals surface area (Å²) in [5.74, 6) is 1.75. The number of rotatable bonds is 10. The zero-order valence-electron chi connectivity index (χ0n) is 21.7. The molecule has 1 saturated heterocycles. The molecule has 2 rings (SSSR count). The van der Waals surface area contributed by atoms with E-state index in [1.54, 1.807) is 0 Å². The topological polar surface area (TPSA) is 6.48 Å². The van der Waals surface area contributed by atoms with Crippen molar-refractivity contribution in [2.45, 2.75) is 156 Å². The lowest BCUT2D eigenvalue weighted by Crippen LogP contribution is -2.57. The summed E-state index contributed by atoms with van der Waals surface area (Å²) in [4.78, 5) is 6.01. The van der Waals surface area contributed by atoms with Gasteiger partial charge in [-0.1, -0.05) is 86.0 Å². The zero-order chi connectivity index (χ0) is 21.9. The second kappa shape index (κ2) is 14.1. The number of unbranched alkanes of at least 4 members (excludes halogenated alkanes) is 1. The molecule has 6 atom stereocenters. The van der Waals surface area contributed by atoms with E-state index in [9.17, 15) is 0 Å². The van der Waals surface area contributed by atoms with Crippen LogP contribution in [0.2, 0.25) is 0 Å². The lowest BCUT2D eigenvalue weighted by atomic mass is 9.81. The van der Waals surface area contributed by atoms with Crippen LogP contribution in [0.25, 0.3) is 0 Å². The first-order valence-corrected chi connectivity index (χ1v) is 14.1. The third-order valence-corrected chi connectivity index (χ3v) is 8.80. The Morgan fingerprint density at radius 1 is 0.867 bits per heavy atom. The van der Waals surface area contributed by atoms with Gasteiger partial charge in [-0.25, -0.2) is 0 Å². The molecule has 2 fully saturated rings. The normalized spacial score (nSPS) is 33.1. The van der Waals surface area contributed by atoms with Crippen molar-refractivity contribution in [2.75, 3.05) is 13.1 Å². The summed E-state index contributed by atoms with van der Waals surface area (Å²) in [5, 5.41) is 0. The monoisotopic (exact) mass is 420 g/mol. The van der Waals surface area contributed by atoms with Crippen LogP contribution < -0.4 is 0 Å². The molecule has 178 valence electrons. The van der Waals surface area contributed by atoms with Crippen molar-refractivity contribution in [3.05, 3.63) is 0 Å². The minimum Gasteiger partial charge on any atom is -0.299 e. The van der Waals surface area contributed by atoms with E-state index >= 15 is 0 Å². The quantitative estimate of drug-likeness (QED) is 0.354. The lowest BCUT2D eigenvalue weighted by molar-refractivity contribution is 0.00241. The molecule has 2 nitrogen and oxygen atoms in total. The van der Waals surface area contributed by atoms with Gasteiger partial charge in [0.1, 0.15) is 0 Å². The molecule has 0 spiro atoms. The van der Waals surface area contributed by atoms with E-state index in [4.69, 9.17) is 0 Å². The van der Waals surface area contributed by atoms with E-state index in [1.165, 1.54) is 103 Å². The van der Waals surface area contributed by atoms with Crippen molar-refractivity contribution in [1.82, 2.24) is 9.80 Å². The van der Waals surface area contributed by atoms with E-state index in [0.29, 0.717) is 0 Å². The Kier molecular flexibility index (Phi) is 12.3. The molecule has 0 amide bonds. The Hall–Kier alpha value is -0.0800. The molecule has 30 heavy (non-hydrogen) atoms. The van der Waals surface area contributed by atoms with Gasteiger partial charge >= 0.3 is 0 Å². The fourth-order valence-electron chi connectivity index (χ4n) is 6.84. The SMILES string of the molecule is CCCCC(CC)N1C(C)CCCCCC(C)C1CN(CC)C1CCCCC1CC. The Bertz CT molecular complexity index is 436. The second-order valence-electron chi connectivity index (χ2n) is 10.8. The highest BCUT2D eigenvalue weighted by Gasteiger charge is 2.37. The highest BCUT2D eigenvalue weighted by Crippen LogP contribution is 2.34. The second-order valence-corrected chi connectivity index (χ2v) is 10.8. The molecular formula is C28H56N2. The molecule has 6 unspecified atom stereocenters. The van der Waals surface area contributed by atoms with E-state index < -0.39 is 0 Å². The molecule has 1 heterocycles. The minimum absolute atomic E-state index is 0.735. The Labute approximate surface area is 190 Å². The maximum atomic E-state index is 3.07. The van der Waals surface area contributed by atoms with Gasteiger partial charge in [0, 0.05) is 30.7 Å². The first-order chi connectivity index (χ1) is 14.6. The average molecular weight is 421 g/mol. The van der Waals surface area contributed by atoms with Crippen molar-refractivity contribution >= 4 is 0 Å². The highest BCUT2D eigenvalue weighted by atomic mass is 15.3. The summed E-state index contributed by atoms with van der Waals surface area (Å²) in [6, 6.07) is 3.09. The Morgan fingerprint density at radius 3 is 2.23 bits per heavy atom. The van der Waals surface area contributed by atoms with E-state index in [2.05, 4.69) is 51.3 Å². The van der Waals surface area contributed by atoms with Gasteiger partial charge in [0.15, 0.2) is 0 Å². The molecule has 0 bridgehead atoms. The first kappa shape index (κ1) is 26.2. The molecule has 1 aliphatic heterocycles. The fraction of sp³-hybridized carbons (Fsp3) is 1.00. The van der Waals surface area contributed by atoms with Gasteiger partial charge in [0.2, 0.25) is 0 Å². The van der Waals surface area contributed by atoms with Crippen LogP contribution in [0.1, 0.15) is 131 Å². The standard InChI is InChI=1S/C28H56N2/c1-7-11-20-26(9-3)30-24(6)18-14-12-13-17-23(5)28(30)22-29(10-4)27-21-16-15-19-25(27)8-2/h23-28H,7-22H2,1-6H3. The maximum Gasteiger partial charge on any atom is 0.0254 e. The van der Waals surface area contributed by atoms with Crippen molar-refractivity contribution in [3.8, 4) is 0 Å². The van der Waals surface area contributed by atoms with Crippen LogP contribution in [-0.2, 0) is 0 Å². The molecular weight excluding hydrogens is 364 g/mol. The van der Waals surface area contributed by atoms with Crippen LogP contribution in [0.4, 0.5) is 0 Å². The van der Waals surface area contributed by atoms with Gasteiger partial charge in [-0.05, 0) is 63.8 Å². The van der Waals surface area contributed by atoms with Crippen LogP contribution in [0.3, 0.4) is 0 Å². The van der Waals surface area contributed by atoms with Gasteiger partial charge in [-0.3, -0.25) is 9.80 Å². The molecule has 0 radical (unpaired) electrons. The Morgan fingerprint density at radius 2 is 1.57 bits per heavy atom. The summed E-state index contributed by atoms with van der Waals surface area (Å²) in [6.45, 7) is 17.4. The lowest BCUT2D eigenvalue weighted by Gasteiger charge is -2.48. The number of hydrogen-bond acceptors (Lipinski definition) is 2. The van der Waals surface area contributed by atoms with Crippen LogP contribution in [-0.4, -0.2) is 47.1 Å². The zero-order valence-corrected chi connectivity index (χ0v) is 21.7. The van der Waals surface area contributed by atoms with E-state index in [0.717, 1.165) is 36.0 Å². The van der Waals surface area contributed by atoms with Gasteiger partial charge in [0.05, 0.1) is 0 Å². The molecule has 0 aromatic carbocycles. The maximum absolute atomic E-state index is 3.07. The third-order valence-electron chi connectivity index (χ3n) is 8.80. The van der Waals surface area contributed by atoms with Crippen LogP contribution in [0.5, 0.6) is 0 Å². The van der Waals surface area contributed by atoms with Crippen molar-refractivity contribution in [3.63, 3.8) is 0 Å². The number of nitrogens with zero attached hydrogens (tertiary/aromatic N) is 2. The van der Waals surface area contributed by atoms with Crippen molar-refractivity contribution in [2.24, 2.45) is 11.8 Å². The molecule has 2 aliphatic rings. The predicted octanol–water partition coefficient (Wildman–Crippen LogP) is 7.91. The first-order valence-electron chi connectivity index (χ1n) is 14.1. The molecule has 0 aromatic heterocycles. The average Bonchev–Trinajstić information content (AvgIpc) is 2.83. The summed E-state index contributed by atoms with van der Waals surface area (Å²) in [6.07, 6.45) is 19.8. The van der Waals surface area contributed by atoms with Gasteiger partial charge in [-0.2, -0.15) is 0 Å². The largest absolute Gasteiger partial charge is 0.299 e. The smallest absolute Gasteiger partial charge is 0.0254 e. The third kappa shape index (κ3) is 7.22. The van der Waals surface area contributed by atoms with Crippen LogP contribution in [0.15, 0.2) is 0 Å². The van der Waals surface area contributed by atoms with E-state index in [1.807, 2.05) is 0 Å². The summed E-state index contributed by atoms with van der Waals surface area (Å²) in [7, 11) is 0. The fourth-order valence-corrected chi connectivity index (χ4v) is 6.84. The number of likely N-dealkylation sites (N-methyl/N-ethyl adjacent to an activating group) is 1. The molecule has 0 aromatic rings. The molecule has 1 saturated carbocycles. The molecule has 2 heteroatoms. The van der Waals surface area contributed by atoms with Crippen LogP contribution >= 0.6 is 0 Å². The van der Waals surface area contributed by atoms with Gasteiger partial charge in [-0.15, -0.1) is 0 Å². The summed E-state index contributed by atoms with van der Waals surface area (Å²) >= 11 is 0. The predicted molar refractivity (Wildman–Crippen MR) is 134 cm³/mol. The van der Waals surface area contributed by atoms with Gasteiger partial charge < -0.3 is 0 Å². The van der Waals surface area contributed by atoms with Crippen molar-refractivity contribution < 1.29 is 0 Å². The van der Waals surface area contributed by atoms with E-state index in [-0.39, 0.29) is 0 Å². The number of hydrogen-bond donors (Lipinski definition) is 0. The molecule has 1 aliphatic carbocycles. The highest BCUT2D eigenvalue weighted by molar-refractivity contribution is 4.92. The molecule has 0 N–H and O–H groups in total. The summed E-state index contributed by atoms with van der Waals surface area (Å²) < 4.78 is 0. The minimum atomic E-state index is 0.735. The van der Waals surface area contributed by atoms with Gasteiger partial charge in [0.25, 0.3) is 0 Å². The Balaban J connectivity index is 2.28. The van der Waals surface area contributed by atoms with Crippen LogP contribution in [0, 0.1) is 11.8 Å². The summed E-state index contributed by atoms with van der Waals surface area (Å²) in [5.41, 5.74) is 0.